The van der Waals surface area contributed by atoms with Gasteiger partial charge in [-0.15, -0.1) is 12.4 Å². The number of hydrogen-bond acceptors (Lipinski definition) is 4. The van der Waals surface area contributed by atoms with Crippen LogP contribution in [0, 0.1) is 27.7 Å². The van der Waals surface area contributed by atoms with Crippen LogP contribution < -0.4 is 4.90 Å². The number of carbonyl (C=O) groups is 1. The number of aryl methyl sites for hydroxylation is 4. The monoisotopic (exact) mass is 431 g/mol. The summed E-state index contributed by atoms with van der Waals surface area (Å²) >= 11 is 1.61. The minimum absolute atomic E-state index is 0. The Bertz CT molecular complexity index is 1010. The van der Waals surface area contributed by atoms with E-state index in [4.69, 9.17) is 4.98 Å². The van der Waals surface area contributed by atoms with Gasteiger partial charge in [-0.2, -0.15) is 0 Å². The third-order valence-electron chi connectivity index (χ3n) is 4.91. The molecule has 6 heteroatoms. The number of aromatic nitrogens is 1. The SMILES string of the molecule is Cc1ccc(C)c(C(=O)N(CCCN(C)C)c2nc3c(C)cc(C)cc3s2)c1.Cl. The molecule has 0 aliphatic carbocycles. The Hall–Kier alpha value is -1.95. The van der Waals surface area contributed by atoms with E-state index < -0.39 is 0 Å². The second-order valence-corrected chi connectivity index (χ2v) is 8.87. The van der Waals surface area contributed by atoms with E-state index in [1.54, 1.807) is 11.3 Å². The Morgan fingerprint density at radius 1 is 0.966 bits per heavy atom. The summed E-state index contributed by atoms with van der Waals surface area (Å²) in [6.07, 6.45) is 0.900. The van der Waals surface area contributed by atoms with E-state index >= 15 is 0 Å². The number of halogens is 1. The van der Waals surface area contributed by atoms with Gasteiger partial charge in [0.25, 0.3) is 5.91 Å². The van der Waals surface area contributed by atoms with Crippen LogP contribution in [0.5, 0.6) is 0 Å². The lowest BCUT2D eigenvalue weighted by atomic mass is 10.0. The van der Waals surface area contributed by atoms with Crippen LogP contribution in [-0.4, -0.2) is 43.0 Å². The number of anilines is 1. The fraction of sp³-hybridized carbons (Fsp3) is 0.391. The Morgan fingerprint density at radius 3 is 2.38 bits per heavy atom. The summed E-state index contributed by atoms with van der Waals surface area (Å²) in [4.78, 5) is 22.4. The number of hydrogen-bond donors (Lipinski definition) is 0. The number of carbonyl (C=O) groups excluding carboxylic acids is 1. The van der Waals surface area contributed by atoms with Gasteiger partial charge in [-0.1, -0.05) is 35.1 Å². The van der Waals surface area contributed by atoms with Crippen LogP contribution in [0.3, 0.4) is 0 Å². The smallest absolute Gasteiger partial charge is 0.260 e. The van der Waals surface area contributed by atoms with Crippen molar-refractivity contribution >= 4 is 45.0 Å². The summed E-state index contributed by atoms with van der Waals surface area (Å²) in [6.45, 7) is 9.79. The maximum Gasteiger partial charge on any atom is 0.260 e. The first-order valence-corrected chi connectivity index (χ1v) is 10.5. The molecule has 0 unspecified atom stereocenters. The normalized spacial score (nSPS) is 11.0. The predicted molar refractivity (Wildman–Crippen MR) is 127 cm³/mol. The average Bonchev–Trinajstić information content (AvgIpc) is 3.04. The quantitative estimate of drug-likeness (QED) is 0.513. The Labute approximate surface area is 184 Å². The fourth-order valence-electron chi connectivity index (χ4n) is 3.42. The highest BCUT2D eigenvalue weighted by atomic mass is 35.5. The molecule has 0 saturated carbocycles. The minimum atomic E-state index is 0. The van der Waals surface area contributed by atoms with Gasteiger partial charge in [0.15, 0.2) is 5.13 Å². The number of fused-ring (bicyclic) bond motifs is 1. The molecular formula is C23H30ClN3OS. The number of thiazole rings is 1. The molecule has 3 rings (SSSR count). The molecule has 0 fully saturated rings. The zero-order chi connectivity index (χ0) is 20.4. The lowest BCUT2D eigenvalue weighted by Gasteiger charge is -2.22. The minimum Gasteiger partial charge on any atom is -0.309 e. The van der Waals surface area contributed by atoms with Gasteiger partial charge in [-0.3, -0.25) is 9.69 Å². The van der Waals surface area contributed by atoms with Crippen molar-refractivity contribution in [1.29, 1.82) is 0 Å². The van der Waals surface area contributed by atoms with Crippen molar-refractivity contribution < 1.29 is 4.79 Å². The molecule has 0 saturated heterocycles. The third-order valence-corrected chi connectivity index (χ3v) is 5.93. The van der Waals surface area contributed by atoms with Crippen LogP contribution in [0.1, 0.15) is 39.0 Å². The molecule has 3 aromatic rings. The molecule has 0 aliphatic rings. The molecule has 1 heterocycles. The average molecular weight is 432 g/mol. The second kappa shape index (κ2) is 9.70. The Kier molecular flexibility index (Phi) is 7.80. The molecule has 0 aliphatic heterocycles. The first-order chi connectivity index (χ1) is 13.3. The molecule has 0 spiro atoms. The largest absolute Gasteiger partial charge is 0.309 e. The number of amides is 1. The molecule has 2 aromatic carbocycles. The molecule has 0 bridgehead atoms. The van der Waals surface area contributed by atoms with Gasteiger partial charge in [0.1, 0.15) is 0 Å². The van der Waals surface area contributed by atoms with Gasteiger partial charge in [-0.05, 0) is 83.6 Å². The Morgan fingerprint density at radius 2 is 1.69 bits per heavy atom. The van der Waals surface area contributed by atoms with Crippen molar-refractivity contribution in [3.05, 3.63) is 58.1 Å². The molecule has 29 heavy (non-hydrogen) atoms. The van der Waals surface area contributed by atoms with Crippen LogP contribution in [0.25, 0.3) is 10.2 Å². The van der Waals surface area contributed by atoms with E-state index in [0.717, 1.165) is 50.6 Å². The fourth-order valence-corrected chi connectivity index (χ4v) is 4.58. The number of rotatable bonds is 6. The zero-order valence-corrected chi connectivity index (χ0v) is 19.7. The first-order valence-electron chi connectivity index (χ1n) is 9.68. The summed E-state index contributed by atoms with van der Waals surface area (Å²) in [7, 11) is 4.11. The molecule has 1 aromatic heterocycles. The molecular weight excluding hydrogens is 402 g/mol. The number of benzene rings is 2. The summed E-state index contributed by atoms with van der Waals surface area (Å²) in [6, 6.07) is 10.4. The van der Waals surface area contributed by atoms with Crippen molar-refractivity contribution in [3.63, 3.8) is 0 Å². The van der Waals surface area contributed by atoms with Crippen molar-refractivity contribution in [2.24, 2.45) is 0 Å². The standard InChI is InChI=1S/C23H29N3OS.ClH/c1-15-8-9-17(3)19(13-15)22(27)26(11-7-10-25(5)6)23-24-21-18(4)12-16(2)14-20(21)28-23;/h8-9,12-14H,7,10-11H2,1-6H3;1H. The maximum atomic E-state index is 13.5. The van der Waals surface area contributed by atoms with Gasteiger partial charge in [-0.25, -0.2) is 4.98 Å². The van der Waals surface area contributed by atoms with Crippen LogP contribution in [0.2, 0.25) is 0 Å². The van der Waals surface area contributed by atoms with E-state index in [9.17, 15) is 4.79 Å². The predicted octanol–water partition coefficient (Wildman–Crippen LogP) is 5.55. The van der Waals surface area contributed by atoms with E-state index in [2.05, 4.69) is 45.0 Å². The molecule has 0 atom stereocenters. The molecule has 1 amide bonds. The van der Waals surface area contributed by atoms with E-state index in [0.29, 0.717) is 6.54 Å². The first kappa shape index (κ1) is 23.3. The van der Waals surface area contributed by atoms with Gasteiger partial charge in [0, 0.05) is 12.1 Å². The van der Waals surface area contributed by atoms with Crippen LogP contribution in [0.4, 0.5) is 5.13 Å². The number of nitrogens with zero attached hydrogens (tertiary/aromatic N) is 3. The van der Waals surface area contributed by atoms with Crippen molar-refractivity contribution in [1.82, 2.24) is 9.88 Å². The Balaban J connectivity index is 0.00000300. The second-order valence-electron chi connectivity index (χ2n) is 7.86. The van der Waals surface area contributed by atoms with E-state index in [1.165, 1.54) is 5.56 Å². The summed E-state index contributed by atoms with van der Waals surface area (Å²) < 4.78 is 1.14. The lowest BCUT2D eigenvalue weighted by Crippen LogP contribution is -2.34. The van der Waals surface area contributed by atoms with Gasteiger partial charge in [0.05, 0.1) is 10.2 Å². The molecule has 0 radical (unpaired) electrons. The van der Waals surface area contributed by atoms with Crippen LogP contribution >= 0.6 is 23.7 Å². The lowest BCUT2D eigenvalue weighted by molar-refractivity contribution is 0.0985. The summed E-state index contributed by atoms with van der Waals surface area (Å²) in [5.41, 5.74) is 6.23. The van der Waals surface area contributed by atoms with Crippen LogP contribution in [-0.2, 0) is 0 Å². The molecule has 156 valence electrons. The highest BCUT2D eigenvalue weighted by molar-refractivity contribution is 7.22. The van der Waals surface area contributed by atoms with Crippen molar-refractivity contribution in [2.45, 2.75) is 34.1 Å². The van der Waals surface area contributed by atoms with Gasteiger partial charge in [0.2, 0.25) is 0 Å². The topological polar surface area (TPSA) is 36.4 Å². The third kappa shape index (κ3) is 5.35. The van der Waals surface area contributed by atoms with Crippen LogP contribution in [0.15, 0.2) is 30.3 Å². The highest BCUT2D eigenvalue weighted by Crippen LogP contribution is 2.33. The maximum absolute atomic E-state index is 13.5. The van der Waals surface area contributed by atoms with Gasteiger partial charge < -0.3 is 4.90 Å². The van der Waals surface area contributed by atoms with E-state index in [1.807, 2.05) is 36.9 Å². The highest BCUT2D eigenvalue weighted by Gasteiger charge is 2.23. The summed E-state index contributed by atoms with van der Waals surface area (Å²) in [5.74, 6) is 0.0355. The van der Waals surface area contributed by atoms with Crippen molar-refractivity contribution in [2.75, 3.05) is 32.1 Å². The van der Waals surface area contributed by atoms with Crippen molar-refractivity contribution in [3.8, 4) is 0 Å². The van der Waals surface area contributed by atoms with E-state index in [-0.39, 0.29) is 18.3 Å². The molecule has 0 N–H and O–H groups in total. The zero-order valence-electron chi connectivity index (χ0n) is 18.1. The van der Waals surface area contributed by atoms with Gasteiger partial charge >= 0.3 is 0 Å². The molecule has 4 nitrogen and oxygen atoms in total. The summed E-state index contributed by atoms with van der Waals surface area (Å²) in [5, 5.41) is 0.786.